The fraction of sp³-hybridized carbons (Fsp3) is 0.667. The van der Waals surface area contributed by atoms with Crippen LogP contribution in [0.15, 0.2) is 17.3 Å². The van der Waals surface area contributed by atoms with E-state index in [2.05, 4.69) is 9.97 Å². The lowest BCUT2D eigenvalue weighted by Gasteiger charge is -2.33. The number of likely N-dealkylation sites (tertiary alicyclic amines) is 1. The van der Waals surface area contributed by atoms with Gasteiger partial charge in [0.15, 0.2) is 0 Å². The number of carbonyl (C=O) groups is 1. The summed E-state index contributed by atoms with van der Waals surface area (Å²) < 4.78 is 17.7. The van der Waals surface area contributed by atoms with Gasteiger partial charge in [0, 0.05) is 25.0 Å². The summed E-state index contributed by atoms with van der Waals surface area (Å²) in [7, 11) is -1.20. The Kier molecular flexibility index (Phi) is 5.97. The first kappa shape index (κ1) is 18.1. The van der Waals surface area contributed by atoms with Gasteiger partial charge in [-0.15, -0.1) is 0 Å². The topological polar surface area (TPSA) is 72.4 Å². The summed E-state index contributed by atoms with van der Waals surface area (Å²) in [6, 6.07) is 1.62. The molecule has 0 aliphatic carbocycles. The molecule has 0 saturated carbocycles. The quantitative estimate of drug-likeness (QED) is 0.613. The van der Waals surface area contributed by atoms with E-state index in [-0.39, 0.29) is 11.4 Å². The van der Waals surface area contributed by atoms with Gasteiger partial charge in [0.1, 0.15) is 10.6 Å². The first-order valence-corrected chi connectivity index (χ1v) is 9.29. The van der Waals surface area contributed by atoms with Crippen molar-refractivity contribution in [1.82, 2.24) is 14.9 Å². The second-order valence-corrected chi connectivity index (χ2v) is 8.37. The maximum atomic E-state index is 12.3. The van der Waals surface area contributed by atoms with E-state index in [9.17, 15) is 9.00 Å². The van der Waals surface area contributed by atoms with Crippen molar-refractivity contribution in [1.29, 1.82) is 0 Å². The van der Waals surface area contributed by atoms with Crippen molar-refractivity contribution in [3.05, 3.63) is 17.5 Å². The molecule has 2 rings (SSSR count). The predicted molar refractivity (Wildman–Crippen MR) is 88.8 cm³/mol. The van der Waals surface area contributed by atoms with Crippen LogP contribution < -0.4 is 0 Å². The average Bonchev–Trinajstić information content (AvgIpc) is 2.46. The Bertz CT molecular complexity index is 584. The van der Waals surface area contributed by atoms with Gasteiger partial charge in [0.25, 0.3) is 0 Å². The lowest BCUT2D eigenvalue weighted by atomic mass is 9.99. The maximum absolute atomic E-state index is 12.3. The Balaban J connectivity index is 1.83. The molecule has 1 amide bonds. The van der Waals surface area contributed by atoms with E-state index in [1.54, 1.807) is 11.0 Å². The zero-order valence-corrected chi connectivity index (χ0v) is 15.2. The van der Waals surface area contributed by atoms with E-state index in [4.69, 9.17) is 16.3 Å². The lowest BCUT2D eigenvalue weighted by molar-refractivity contribution is 0.0191. The molecule has 0 unspecified atom stereocenters. The molecule has 0 aromatic carbocycles. The van der Waals surface area contributed by atoms with E-state index < -0.39 is 16.4 Å². The second-order valence-electron chi connectivity index (χ2n) is 6.59. The van der Waals surface area contributed by atoms with E-state index in [1.807, 2.05) is 20.8 Å². The molecule has 8 heteroatoms. The maximum Gasteiger partial charge on any atom is 0.410 e. The largest absolute Gasteiger partial charge is 0.444 e. The van der Waals surface area contributed by atoms with Gasteiger partial charge >= 0.3 is 6.09 Å². The normalized spacial score (nSPS) is 17.8. The van der Waals surface area contributed by atoms with Gasteiger partial charge in [-0.1, -0.05) is 0 Å². The van der Waals surface area contributed by atoms with Crippen LogP contribution in [0.4, 0.5) is 4.79 Å². The molecule has 1 aromatic rings. The highest BCUT2D eigenvalue weighted by Gasteiger charge is 2.27. The third-order valence-corrected chi connectivity index (χ3v) is 5.14. The Morgan fingerprint density at radius 1 is 1.43 bits per heavy atom. The highest BCUT2D eigenvalue weighted by atomic mass is 35.5. The van der Waals surface area contributed by atoms with Gasteiger partial charge < -0.3 is 9.64 Å². The minimum absolute atomic E-state index is 0.107. The third kappa shape index (κ3) is 5.73. The van der Waals surface area contributed by atoms with Gasteiger partial charge in [0.05, 0.1) is 10.8 Å². The van der Waals surface area contributed by atoms with Crippen LogP contribution in [0.2, 0.25) is 5.28 Å². The van der Waals surface area contributed by atoms with Crippen LogP contribution in [0.1, 0.15) is 33.6 Å². The number of piperidine rings is 1. The summed E-state index contributed by atoms with van der Waals surface area (Å²) in [5.41, 5.74) is -0.484. The molecule has 23 heavy (non-hydrogen) atoms. The highest BCUT2D eigenvalue weighted by molar-refractivity contribution is 7.84. The monoisotopic (exact) mass is 359 g/mol. The number of halogens is 1. The van der Waals surface area contributed by atoms with Crippen LogP contribution >= 0.6 is 11.6 Å². The van der Waals surface area contributed by atoms with Crippen molar-refractivity contribution in [2.24, 2.45) is 5.92 Å². The van der Waals surface area contributed by atoms with E-state index in [0.29, 0.717) is 29.8 Å². The fourth-order valence-corrected chi connectivity index (χ4v) is 3.89. The van der Waals surface area contributed by atoms with Crippen molar-refractivity contribution in [2.75, 3.05) is 18.8 Å². The fourth-order valence-electron chi connectivity index (χ4n) is 2.35. The predicted octanol–water partition coefficient (Wildman–Crippen LogP) is 2.88. The Hall–Kier alpha value is -1.21. The Labute approximate surface area is 144 Å². The van der Waals surface area contributed by atoms with Crippen molar-refractivity contribution in [3.63, 3.8) is 0 Å². The van der Waals surface area contributed by atoms with E-state index in [1.165, 1.54) is 6.20 Å². The van der Waals surface area contributed by atoms with Crippen LogP contribution in [0.25, 0.3) is 0 Å². The summed E-state index contributed by atoms with van der Waals surface area (Å²) in [4.78, 5) is 21.5. The molecule has 0 radical (unpaired) electrons. The van der Waals surface area contributed by atoms with Gasteiger partial charge in [-0.05, 0) is 57.2 Å². The lowest BCUT2D eigenvalue weighted by Crippen LogP contribution is -2.42. The molecule has 128 valence electrons. The first-order chi connectivity index (χ1) is 10.7. The number of amides is 1. The summed E-state index contributed by atoms with van der Waals surface area (Å²) >= 11 is 5.72. The Morgan fingerprint density at radius 3 is 2.65 bits per heavy atom. The molecule has 1 aliphatic heterocycles. The SMILES string of the molecule is CC(C)(C)OC(=O)N1CCC(C[S@@](=O)c2ccnc(Cl)n2)CC1. The number of carbonyl (C=O) groups excluding carboxylic acids is 1. The van der Waals surface area contributed by atoms with Crippen molar-refractivity contribution < 1.29 is 13.7 Å². The summed E-state index contributed by atoms with van der Waals surface area (Å²) in [6.45, 7) is 6.82. The summed E-state index contributed by atoms with van der Waals surface area (Å²) in [5.74, 6) is 0.818. The van der Waals surface area contributed by atoms with Gasteiger partial charge in [0.2, 0.25) is 5.28 Å². The van der Waals surface area contributed by atoms with Crippen molar-refractivity contribution >= 4 is 28.5 Å². The smallest absolute Gasteiger partial charge is 0.410 e. The molecule has 1 atom stereocenters. The molecule has 0 bridgehead atoms. The van der Waals surface area contributed by atoms with Crippen LogP contribution in [-0.2, 0) is 15.5 Å². The second kappa shape index (κ2) is 7.57. The summed E-state index contributed by atoms with van der Waals surface area (Å²) in [5, 5.41) is 0.565. The highest BCUT2D eigenvalue weighted by Crippen LogP contribution is 2.22. The molecule has 6 nitrogen and oxygen atoms in total. The standard InChI is InChI=1S/C15H22ClN3O3S/c1-15(2,3)22-14(20)19-8-5-11(6-9-19)10-23(21)12-4-7-17-13(16)18-12/h4,7,11H,5-6,8-10H2,1-3H3/t23-/m1/s1. The average molecular weight is 360 g/mol. The van der Waals surface area contributed by atoms with Crippen LogP contribution in [-0.4, -0.2) is 49.6 Å². The zero-order valence-electron chi connectivity index (χ0n) is 13.6. The van der Waals surface area contributed by atoms with Crippen molar-refractivity contribution in [3.8, 4) is 0 Å². The molecule has 1 aliphatic rings. The number of nitrogens with zero attached hydrogens (tertiary/aromatic N) is 3. The molecule has 0 spiro atoms. The first-order valence-electron chi connectivity index (χ1n) is 7.59. The molecule has 1 aromatic heterocycles. The molecule has 2 heterocycles. The number of hydrogen-bond donors (Lipinski definition) is 0. The molecule has 0 N–H and O–H groups in total. The molecular weight excluding hydrogens is 338 g/mol. The zero-order chi connectivity index (χ0) is 17.0. The van der Waals surface area contributed by atoms with Gasteiger partial charge in [-0.2, -0.15) is 0 Å². The number of hydrogen-bond acceptors (Lipinski definition) is 5. The van der Waals surface area contributed by atoms with Crippen LogP contribution in [0, 0.1) is 5.92 Å². The van der Waals surface area contributed by atoms with Crippen molar-refractivity contribution in [2.45, 2.75) is 44.2 Å². The molecular formula is C15H22ClN3O3S. The minimum Gasteiger partial charge on any atom is -0.444 e. The van der Waals surface area contributed by atoms with Gasteiger partial charge in [-0.3, -0.25) is 4.21 Å². The number of rotatable bonds is 3. The number of ether oxygens (including phenoxy) is 1. The van der Waals surface area contributed by atoms with Gasteiger partial charge in [-0.25, -0.2) is 14.8 Å². The third-order valence-electron chi connectivity index (χ3n) is 3.49. The summed E-state index contributed by atoms with van der Waals surface area (Å²) in [6.07, 6.45) is 2.85. The van der Waals surface area contributed by atoms with Crippen LogP contribution in [0.3, 0.4) is 0 Å². The van der Waals surface area contributed by atoms with E-state index in [0.717, 1.165) is 12.8 Å². The Morgan fingerprint density at radius 2 is 2.09 bits per heavy atom. The molecule has 1 saturated heterocycles. The molecule has 1 fully saturated rings. The van der Waals surface area contributed by atoms with Crippen LogP contribution in [0.5, 0.6) is 0 Å². The minimum atomic E-state index is -1.20. The van der Waals surface area contributed by atoms with E-state index >= 15 is 0 Å². The number of aromatic nitrogens is 2.